The van der Waals surface area contributed by atoms with Gasteiger partial charge in [-0.05, 0) is 31.0 Å². The fourth-order valence-corrected chi connectivity index (χ4v) is 3.58. The van der Waals surface area contributed by atoms with Gasteiger partial charge in [-0.15, -0.1) is 0 Å². The topological polar surface area (TPSA) is 75.2 Å². The third-order valence-corrected chi connectivity index (χ3v) is 5.13. The number of hydrogen-bond acceptors (Lipinski definition) is 5. The fourth-order valence-electron chi connectivity index (χ4n) is 2.51. The van der Waals surface area contributed by atoms with Gasteiger partial charge in [0.1, 0.15) is 0 Å². The number of nitrogens with one attached hydrogen (secondary N) is 1. The van der Waals surface area contributed by atoms with Gasteiger partial charge >= 0.3 is 6.18 Å². The van der Waals surface area contributed by atoms with Crippen molar-refractivity contribution in [2.75, 3.05) is 22.7 Å². The van der Waals surface area contributed by atoms with Crippen LogP contribution in [0.5, 0.6) is 0 Å². The molecule has 6 nitrogen and oxygen atoms in total. The summed E-state index contributed by atoms with van der Waals surface area (Å²) in [5.41, 5.74) is -0.948. The number of benzene rings is 1. The van der Waals surface area contributed by atoms with Crippen molar-refractivity contribution in [2.45, 2.75) is 23.9 Å². The summed E-state index contributed by atoms with van der Waals surface area (Å²) in [6, 6.07) is 3.54. The van der Waals surface area contributed by atoms with Crippen LogP contribution < -0.4 is 9.62 Å². The zero-order chi connectivity index (χ0) is 18.1. The zero-order valence-corrected chi connectivity index (χ0v) is 13.8. The lowest BCUT2D eigenvalue weighted by Crippen LogP contribution is -2.20. The summed E-state index contributed by atoms with van der Waals surface area (Å²) < 4.78 is 65.0. The monoisotopic (exact) mass is 372 g/mol. The number of halogens is 3. The van der Waals surface area contributed by atoms with Crippen LogP contribution in [0.4, 0.5) is 24.8 Å². The minimum atomic E-state index is -4.62. The molecule has 1 aliphatic heterocycles. The first kappa shape index (κ1) is 17.5. The van der Waals surface area contributed by atoms with E-state index < -0.39 is 26.7 Å². The van der Waals surface area contributed by atoms with E-state index in [1.54, 1.807) is 0 Å². The third-order valence-electron chi connectivity index (χ3n) is 3.75. The highest BCUT2D eigenvalue weighted by Crippen LogP contribution is 2.30. The van der Waals surface area contributed by atoms with Crippen molar-refractivity contribution in [1.29, 1.82) is 0 Å². The Morgan fingerprint density at radius 3 is 2.32 bits per heavy atom. The van der Waals surface area contributed by atoms with Crippen molar-refractivity contribution in [3.8, 4) is 0 Å². The van der Waals surface area contributed by atoms with Crippen LogP contribution in [-0.4, -0.2) is 31.5 Å². The molecule has 2 heterocycles. The maximum Gasteiger partial charge on any atom is 0.416 e. The first-order valence-corrected chi connectivity index (χ1v) is 9.01. The Labute approximate surface area is 142 Å². The first-order valence-electron chi connectivity index (χ1n) is 7.53. The second-order valence-corrected chi connectivity index (χ2v) is 7.28. The van der Waals surface area contributed by atoms with Crippen molar-refractivity contribution in [3.05, 3.63) is 42.2 Å². The smallest absolute Gasteiger partial charge is 0.341 e. The molecule has 1 fully saturated rings. The third kappa shape index (κ3) is 4.01. The van der Waals surface area contributed by atoms with Gasteiger partial charge in [0.05, 0.1) is 28.5 Å². The second kappa shape index (κ2) is 6.51. The van der Waals surface area contributed by atoms with E-state index in [2.05, 4.69) is 14.7 Å². The summed E-state index contributed by atoms with van der Waals surface area (Å²) >= 11 is 0. The van der Waals surface area contributed by atoms with E-state index in [4.69, 9.17) is 0 Å². The van der Waals surface area contributed by atoms with Crippen LogP contribution in [0, 0.1) is 0 Å². The first-order chi connectivity index (χ1) is 11.8. The number of anilines is 2. The quantitative estimate of drug-likeness (QED) is 0.893. The summed E-state index contributed by atoms with van der Waals surface area (Å²) in [4.78, 5) is 9.70. The van der Waals surface area contributed by atoms with Crippen LogP contribution in [0.3, 0.4) is 0 Å². The van der Waals surface area contributed by atoms with Crippen molar-refractivity contribution in [3.63, 3.8) is 0 Å². The lowest BCUT2D eigenvalue weighted by molar-refractivity contribution is -0.137. The highest BCUT2D eigenvalue weighted by atomic mass is 32.2. The molecule has 1 aromatic heterocycles. The Morgan fingerprint density at radius 1 is 1.08 bits per heavy atom. The molecule has 2 aromatic rings. The van der Waals surface area contributed by atoms with E-state index in [9.17, 15) is 21.6 Å². The Kier molecular flexibility index (Phi) is 4.55. The SMILES string of the molecule is O=S(=O)(Nc1cnc(N2CCCC2)nc1)c1cccc(C(F)(F)F)c1. The van der Waals surface area contributed by atoms with Crippen molar-refractivity contribution in [2.24, 2.45) is 0 Å². The van der Waals surface area contributed by atoms with Crippen molar-refractivity contribution >= 4 is 21.7 Å². The van der Waals surface area contributed by atoms with Gasteiger partial charge in [0.15, 0.2) is 0 Å². The molecule has 1 aromatic carbocycles. The molecule has 0 unspecified atom stereocenters. The van der Waals surface area contributed by atoms with Gasteiger partial charge in [-0.2, -0.15) is 13.2 Å². The highest BCUT2D eigenvalue weighted by Gasteiger charge is 2.31. The van der Waals surface area contributed by atoms with Gasteiger partial charge in [0.2, 0.25) is 5.95 Å². The molecule has 1 N–H and O–H groups in total. The molecular weight excluding hydrogens is 357 g/mol. The van der Waals surface area contributed by atoms with Crippen molar-refractivity contribution in [1.82, 2.24) is 9.97 Å². The van der Waals surface area contributed by atoms with E-state index in [0.717, 1.165) is 44.1 Å². The number of sulfonamides is 1. The lowest BCUT2D eigenvalue weighted by Gasteiger charge is -2.15. The predicted octanol–water partition coefficient (Wildman–Crippen LogP) is 2.90. The van der Waals surface area contributed by atoms with Crippen LogP contribution in [0.15, 0.2) is 41.6 Å². The van der Waals surface area contributed by atoms with Crippen LogP contribution in [-0.2, 0) is 16.2 Å². The molecule has 0 radical (unpaired) electrons. The second-order valence-electron chi connectivity index (χ2n) is 5.60. The Bertz CT molecular complexity index is 848. The Morgan fingerprint density at radius 2 is 1.72 bits per heavy atom. The minimum absolute atomic E-state index is 0.0837. The zero-order valence-electron chi connectivity index (χ0n) is 13.0. The average molecular weight is 372 g/mol. The molecule has 0 amide bonds. The lowest BCUT2D eigenvalue weighted by atomic mass is 10.2. The fraction of sp³-hybridized carbons (Fsp3) is 0.333. The molecule has 0 aliphatic carbocycles. The van der Waals surface area contributed by atoms with Crippen LogP contribution in [0.1, 0.15) is 18.4 Å². The molecule has 134 valence electrons. The number of aromatic nitrogens is 2. The van der Waals surface area contributed by atoms with Gasteiger partial charge in [-0.1, -0.05) is 6.07 Å². The number of alkyl halides is 3. The van der Waals surface area contributed by atoms with Crippen LogP contribution in [0.25, 0.3) is 0 Å². The van der Waals surface area contributed by atoms with Gasteiger partial charge in [0.25, 0.3) is 10.0 Å². The molecule has 0 atom stereocenters. The van der Waals surface area contributed by atoms with Crippen LogP contribution >= 0.6 is 0 Å². The molecular formula is C15H15F3N4O2S. The van der Waals surface area contributed by atoms with E-state index in [0.29, 0.717) is 12.0 Å². The standard InChI is InChI=1S/C15H15F3N4O2S/c16-15(17,18)11-4-3-5-13(8-11)25(23,24)21-12-9-19-14(20-10-12)22-6-1-2-7-22/h3-5,8-10,21H,1-2,6-7H2. The van der Waals surface area contributed by atoms with Gasteiger partial charge in [-0.3, -0.25) is 4.72 Å². The number of nitrogens with zero attached hydrogens (tertiary/aromatic N) is 3. The van der Waals surface area contributed by atoms with Crippen molar-refractivity contribution < 1.29 is 21.6 Å². The molecule has 0 bridgehead atoms. The van der Waals surface area contributed by atoms with Gasteiger partial charge in [-0.25, -0.2) is 18.4 Å². The molecule has 3 rings (SSSR count). The average Bonchev–Trinajstić information content (AvgIpc) is 3.09. The number of rotatable bonds is 4. The summed E-state index contributed by atoms with van der Waals surface area (Å²) in [6.45, 7) is 1.69. The van der Waals surface area contributed by atoms with E-state index in [1.165, 1.54) is 12.4 Å². The molecule has 0 spiro atoms. The Hall–Kier alpha value is -2.36. The maximum atomic E-state index is 12.7. The molecule has 10 heteroatoms. The maximum absolute atomic E-state index is 12.7. The molecule has 0 saturated carbocycles. The van der Waals surface area contributed by atoms with E-state index in [1.807, 2.05) is 4.90 Å². The molecule has 1 saturated heterocycles. The van der Waals surface area contributed by atoms with Gasteiger partial charge < -0.3 is 4.90 Å². The number of hydrogen-bond donors (Lipinski definition) is 1. The highest BCUT2D eigenvalue weighted by molar-refractivity contribution is 7.92. The van der Waals surface area contributed by atoms with Gasteiger partial charge in [0, 0.05) is 13.1 Å². The van der Waals surface area contributed by atoms with E-state index >= 15 is 0 Å². The van der Waals surface area contributed by atoms with Crippen LogP contribution in [0.2, 0.25) is 0 Å². The molecule has 1 aliphatic rings. The predicted molar refractivity (Wildman–Crippen MR) is 85.7 cm³/mol. The Balaban J connectivity index is 1.79. The summed E-state index contributed by atoms with van der Waals surface area (Å²) in [6.07, 6.45) is 0.0736. The summed E-state index contributed by atoms with van der Waals surface area (Å²) in [5.74, 6) is 0.500. The summed E-state index contributed by atoms with van der Waals surface area (Å²) in [7, 11) is -4.17. The summed E-state index contributed by atoms with van der Waals surface area (Å²) in [5, 5.41) is 0. The normalized spacial score (nSPS) is 15.4. The molecule has 25 heavy (non-hydrogen) atoms. The largest absolute Gasteiger partial charge is 0.416 e. The van der Waals surface area contributed by atoms with E-state index in [-0.39, 0.29) is 5.69 Å². The minimum Gasteiger partial charge on any atom is -0.341 e.